The van der Waals surface area contributed by atoms with Crippen molar-refractivity contribution in [1.82, 2.24) is 0 Å². The summed E-state index contributed by atoms with van der Waals surface area (Å²) in [6.45, 7) is 0. The van der Waals surface area contributed by atoms with Crippen LogP contribution in [-0.2, 0) is 14.2 Å². The Labute approximate surface area is 107 Å². The third-order valence-corrected chi connectivity index (χ3v) is 0.378. The van der Waals surface area contributed by atoms with Crippen LogP contribution in [0.1, 0.15) is 0 Å². The maximum atomic E-state index is 9.73. The molecule has 0 saturated carbocycles. The standard InChI is InChI=1S/C2HBO6.2Na/c4-1(5)2(6)9-3(7)8;;/h(H,4,5);;/q-2;2*+1. The molecule has 6 nitrogen and oxygen atoms in total. The van der Waals surface area contributed by atoms with E-state index >= 15 is 0 Å². The molecule has 0 aliphatic carbocycles. The SMILES string of the molecule is O=C(O)C(=O)OB([O-])[O-].[Na+].[Na+]. The second-order valence-corrected chi connectivity index (χ2v) is 0.999. The van der Waals surface area contributed by atoms with Crippen LogP contribution in [0, 0.1) is 0 Å². The van der Waals surface area contributed by atoms with Gasteiger partial charge in [0, 0.05) is 0 Å². The van der Waals surface area contributed by atoms with Crippen LogP contribution in [0.2, 0.25) is 0 Å². The van der Waals surface area contributed by atoms with E-state index in [4.69, 9.17) is 5.11 Å². The summed E-state index contributed by atoms with van der Waals surface area (Å²) in [5.74, 6) is -3.78. The quantitative estimate of drug-likeness (QED) is 0.315. The van der Waals surface area contributed by atoms with Crippen molar-refractivity contribution in [3.8, 4) is 0 Å². The van der Waals surface area contributed by atoms with Gasteiger partial charge in [0.15, 0.2) is 0 Å². The smallest absolute Gasteiger partial charge is 0.860 e. The Balaban J connectivity index is -0.000000320. The molecule has 0 aliphatic rings. The molecular formula is C2HBNa2O6. The van der Waals surface area contributed by atoms with Gasteiger partial charge in [-0.1, -0.05) is 0 Å². The summed E-state index contributed by atoms with van der Waals surface area (Å²) in [5, 5.41) is 26.4. The van der Waals surface area contributed by atoms with Crippen molar-refractivity contribution >= 4 is 19.3 Å². The van der Waals surface area contributed by atoms with Crippen molar-refractivity contribution in [1.29, 1.82) is 0 Å². The molecule has 0 aliphatic heterocycles. The minimum atomic E-state index is -2.87. The molecule has 0 aromatic heterocycles. The molecule has 0 radical (unpaired) electrons. The second-order valence-electron chi connectivity index (χ2n) is 0.999. The Morgan fingerprint density at radius 3 is 1.73 bits per heavy atom. The van der Waals surface area contributed by atoms with E-state index in [9.17, 15) is 19.6 Å². The van der Waals surface area contributed by atoms with Gasteiger partial charge in [0.05, 0.1) is 0 Å². The maximum absolute atomic E-state index is 9.73. The van der Waals surface area contributed by atoms with Crippen LogP contribution < -0.4 is 69.2 Å². The number of carboxylic acids is 1. The Morgan fingerprint density at radius 2 is 1.64 bits per heavy atom. The van der Waals surface area contributed by atoms with Crippen LogP contribution >= 0.6 is 0 Å². The van der Waals surface area contributed by atoms with Gasteiger partial charge in [-0.15, -0.1) is 0 Å². The number of carbonyl (C=O) groups is 2. The summed E-state index contributed by atoms with van der Waals surface area (Å²) in [5.41, 5.74) is 0. The van der Waals surface area contributed by atoms with Crippen LogP contribution in [0.15, 0.2) is 0 Å². The normalized spacial score (nSPS) is 6.73. The summed E-state index contributed by atoms with van der Waals surface area (Å²) < 4.78 is 3.16. The number of hydrogen-bond donors (Lipinski definition) is 1. The third-order valence-electron chi connectivity index (χ3n) is 0.378. The third kappa shape index (κ3) is 10.9. The molecule has 0 aromatic carbocycles. The van der Waals surface area contributed by atoms with Gasteiger partial charge in [-0.25, -0.2) is 9.59 Å². The van der Waals surface area contributed by atoms with E-state index in [0.29, 0.717) is 0 Å². The van der Waals surface area contributed by atoms with Crippen LogP contribution in [0.5, 0.6) is 0 Å². The van der Waals surface area contributed by atoms with Crippen LogP contribution in [0.25, 0.3) is 0 Å². The molecule has 0 aromatic rings. The van der Waals surface area contributed by atoms with E-state index in [1.54, 1.807) is 0 Å². The van der Waals surface area contributed by atoms with Crippen LogP contribution in [-0.4, -0.2) is 24.4 Å². The molecular weight excluding hydrogens is 177 g/mol. The molecule has 50 valence electrons. The van der Waals surface area contributed by atoms with E-state index in [2.05, 4.69) is 4.65 Å². The first-order valence-electron chi connectivity index (χ1n) is 1.79. The molecule has 0 heterocycles. The van der Waals surface area contributed by atoms with E-state index < -0.39 is 19.3 Å². The van der Waals surface area contributed by atoms with Gasteiger partial charge in [0.1, 0.15) is 7.32 Å². The molecule has 0 unspecified atom stereocenters. The molecule has 1 N–H and O–H groups in total. The first-order chi connectivity index (χ1) is 4.04. The molecule has 0 rings (SSSR count). The van der Waals surface area contributed by atoms with E-state index in [-0.39, 0.29) is 59.1 Å². The van der Waals surface area contributed by atoms with E-state index in [0.717, 1.165) is 0 Å². The van der Waals surface area contributed by atoms with Gasteiger partial charge in [-0.2, -0.15) is 0 Å². The number of rotatable bonds is 1. The molecule has 0 fully saturated rings. The van der Waals surface area contributed by atoms with Gasteiger partial charge in [0.25, 0.3) is 0 Å². The Kier molecular flexibility index (Phi) is 14.6. The average Bonchev–Trinajstić information content (AvgIpc) is 1.63. The first kappa shape index (κ1) is 17.9. The van der Waals surface area contributed by atoms with Crippen LogP contribution in [0.3, 0.4) is 0 Å². The number of carboxylic acid groups (broad SMARTS) is 1. The number of carbonyl (C=O) groups excluding carboxylic acids is 1. The Hall–Kier alpha value is 0.925. The average molecular weight is 178 g/mol. The fourth-order valence-corrected chi connectivity index (χ4v) is 0.138. The maximum Gasteiger partial charge on any atom is 1.00 e. The zero-order valence-electron chi connectivity index (χ0n) is 6.07. The summed E-state index contributed by atoms with van der Waals surface area (Å²) in [4.78, 5) is 19.2. The van der Waals surface area contributed by atoms with Crippen molar-refractivity contribution in [3.05, 3.63) is 0 Å². The fraction of sp³-hybridized carbons (Fsp3) is 0. The van der Waals surface area contributed by atoms with Crippen LogP contribution in [0.4, 0.5) is 0 Å². The topological polar surface area (TPSA) is 110 Å². The predicted octanol–water partition coefficient (Wildman–Crippen LogP) is -9.67. The Bertz CT molecular complexity index is 137. The summed E-state index contributed by atoms with van der Waals surface area (Å²) in [7, 11) is -2.87. The minimum Gasteiger partial charge on any atom is -0.860 e. The van der Waals surface area contributed by atoms with E-state index in [1.165, 1.54) is 0 Å². The minimum absolute atomic E-state index is 0. The zero-order chi connectivity index (χ0) is 7.44. The molecule has 0 amide bonds. The van der Waals surface area contributed by atoms with Crippen molar-refractivity contribution < 1.29 is 88.5 Å². The zero-order valence-corrected chi connectivity index (χ0v) is 10.1. The summed E-state index contributed by atoms with van der Waals surface area (Å²) >= 11 is 0. The molecule has 9 heteroatoms. The molecule has 0 bridgehead atoms. The first-order valence-corrected chi connectivity index (χ1v) is 1.79. The molecule has 11 heavy (non-hydrogen) atoms. The van der Waals surface area contributed by atoms with Gasteiger partial charge in [0.2, 0.25) is 0 Å². The number of hydrogen-bond acceptors (Lipinski definition) is 5. The van der Waals surface area contributed by atoms with Gasteiger partial charge in [-0.3, -0.25) is 0 Å². The molecule has 0 atom stereocenters. The monoisotopic (exact) mass is 178 g/mol. The van der Waals surface area contributed by atoms with Crippen molar-refractivity contribution in [2.24, 2.45) is 0 Å². The van der Waals surface area contributed by atoms with E-state index in [1.807, 2.05) is 0 Å². The summed E-state index contributed by atoms with van der Waals surface area (Å²) in [6, 6.07) is 0. The largest absolute Gasteiger partial charge is 1.00 e. The van der Waals surface area contributed by atoms with Gasteiger partial charge >= 0.3 is 71.1 Å². The molecule has 0 saturated heterocycles. The molecule has 0 spiro atoms. The Morgan fingerprint density at radius 1 is 1.27 bits per heavy atom. The second kappa shape index (κ2) is 9.02. The fourth-order valence-electron chi connectivity index (χ4n) is 0.138. The van der Waals surface area contributed by atoms with Crippen molar-refractivity contribution in [2.75, 3.05) is 0 Å². The summed E-state index contributed by atoms with van der Waals surface area (Å²) in [6.07, 6.45) is 0. The van der Waals surface area contributed by atoms with Gasteiger partial charge in [-0.05, 0) is 0 Å². The van der Waals surface area contributed by atoms with Gasteiger partial charge < -0.3 is 19.8 Å². The number of aliphatic carboxylic acids is 1. The predicted molar refractivity (Wildman–Crippen MR) is 19.5 cm³/mol. The van der Waals surface area contributed by atoms with Crippen molar-refractivity contribution in [2.45, 2.75) is 0 Å². The van der Waals surface area contributed by atoms with Crippen molar-refractivity contribution in [3.63, 3.8) is 0 Å².